The van der Waals surface area contributed by atoms with E-state index in [1.165, 1.54) is 0 Å². The predicted octanol–water partition coefficient (Wildman–Crippen LogP) is 2.20. The number of methoxy groups -OCH3 is 1. The molecule has 0 spiro atoms. The Morgan fingerprint density at radius 2 is 2.03 bits per heavy atom. The van der Waals surface area contributed by atoms with Crippen molar-refractivity contribution in [2.24, 2.45) is 0 Å². The number of hydrogen-bond donors (Lipinski definition) is 1. The number of nitrogens with one attached hydrogen (secondary N) is 1. The van der Waals surface area contributed by atoms with E-state index in [2.05, 4.69) is 11.2 Å². The van der Waals surface area contributed by atoms with Gasteiger partial charge in [0.2, 0.25) is 11.8 Å². The van der Waals surface area contributed by atoms with Crippen LogP contribution in [0.25, 0.3) is 0 Å². The lowest BCUT2D eigenvalue weighted by atomic mass is 9.95. The molecule has 2 heterocycles. The summed E-state index contributed by atoms with van der Waals surface area (Å²) in [4.78, 5) is 44.9. The quantitative estimate of drug-likeness (QED) is 0.458. The van der Waals surface area contributed by atoms with Crippen LogP contribution in [0.4, 0.5) is 4.79 Å². The molecule has 1 aromatic carbocycles. The molecule has 0 bridgehead atoms. The fourth-order valence-electron chi connectivity index (χ4n) is 4.73. The van der Waals surface area contributed by atoms with Crippen molar-refractivity contribution in [1.82, 2.24) is 20.0 Å². The van der Waals surface area contributed by atoms with Crippen LogP contribution in [-0.2, 0) is 20.9 Å². The monoisotopic (exact) mass is 454 g/mol. The minimum absolute atomic E-state index is 0.0578. The molecule has 8 nitrogen and oxygen atoms in total. The summed E-state index contributed by atoms with van der Waals surface area (Å²) in [5, 5.41) is 2.99. The molecule has 2 aliphatic rings. The lowest BCUT2D eigenvalue weighted by molar-refractivity contribution is -0.170. The number of fused-ring (bicyclic) bond motifs is 1. The number of rotatable bonds is 9. The summed E-state index contributed by atoms with van der Waals surface area (Å²) in [6.45, 7) is 3.69. The summed E-state index contributed by atoms with van der Waals surface area (Å²) in [5.74, 6) is 2.45. The highest BCUT2D eigenvalue weighted by atomic mass is 16.5. The Labute approximate surface area is 196 Å². The lowest BCUT2D eigenvalue weighted by Crippen LogP contribution is -2.73. The molecule has 1 aromatic rings. The molecule has 2 saturated heterocycles. The molecule has 178 valence electrons. The smallest absolute Gasteiger partial charge is 0.319 e. The van der Waals surface area contributed by atoms with Gasteiger partial charge in [0.15, 0.2) is 0 Å². The Morgan fingerprint density at radius 3 is 2.70 bits per heavy atom. The van der Waals surface area contributed by atoms with E-state index in [9.17, 15) is 14.4 Å². The maximum absolute atomic E-state index is 13.4. The molecule has 0 aliphatic carbocycles. The van der Waals surface area contributed by atoms with Crippen molar-refractivity contribution in [3.63, 3.8) is 0 Å². The minimum Gasteiger partial charge on any atom is -0.385 e. The molecule has 1 unspecified atom stereocenters. The maximum Gasteiger partial charge on any atom is 0.319 e. The Hall–Kier alpha value is -3.05. The fraction of sp³-hybridized carbons (Fsp3) is 0.560. The van der Waals surface area contributed by atoms with Crippen LogP contribution in [0.15, 0.2) is 30.3 Å². The van der Waals surface area contributed by atoms with Crippen LogP contribution < -0.4 is 5.32 Å². The summed E-state index contributed by atoms with van der Waals surface area (Å²) in [6.07, 6.45) is 7.46. The number of carbonyl (C=O) groups is 3. The number of carbonyl (C=O) groups excluding carboxylic acids is 3. The Morgan fingerprint density at radius 1 is 1.27 bits per heavy atom. The van der Waals surface area contributed by atoms with Crippen molar-refractivity contribution >= 4 is 17.8 Å². The normalized spacial score (nSPS) is 22.7. The second-order valence-electron chi connectivity index (χ2n) is 8.53. The lowest BCUT2D eigenvalue weighted by Gasteiger charge is -2.54. The van der Waals surface area contributed by atoms with E-state index < -0.39 is 18.2 Å². The molecule has 3 atom stereocenters. The predicted molar refractivity (Wildman–Crippen MR) is 125 cm³/mol. The summed E-state index contributed by atoms with van der Waals surface area (Å²) >= 11 is 0. The SMILES string of the molecule is C#CCC1CC(=O)N2[C@H](CN(CCCOC)C(=O)[C@@H]2CCC)N1C(=O)NCc1ccccc1. The van der Waals surface area contributed by atoms with Gasteiger partial charge in [-0.15, -0.1) is 12.3 Å². The third-order valence-electron chi connectivity index (χ3n) is 6.26. The van der Waals surface area contributed by atoms with E-state index in [1.54, 1.807) is 21.8 Å². The number of piperazine rings is 1. The van der Waals surface area contributed by atoms with Crippen LogP contribution in [0, 0.1) is 12.3 Å². The van der Waals surface area contributed by atoms with Gasteiger partial charge in [-0.05, 0) is 18.4 Å². The van der Waals surface area contributed by atoms with Gasteiger partial charge in [0, 0.05) is 39.6 Å². The van der Waals surface area contributed by atoms with Crippen molar-refractivity contribution in [3.05, 3.63) is 35.9 Å². The molecule has 2 fully saturated rings. The summed E-state index contributed by atoms with van der Waals surface area (Å²) in [7, 11) is 1.63. The van der Waals surface area contributed by atoms with Crippen molar-refractivity contribution in [1.29, 1.82) is 0 Å². The van der Waals surface area contributed by atoms with Crippen LogP contribution in [0.5, 0.6) is 0 Å². The third-order valence-corrected chi connectivity index (χ3v) is 6.26. The van der Waals surface area contributed by atoms with Crippen molar-refractivity contribution < 1.29 is 19.1 Å². The van der Waals surface area contributed by atoms with Gasteiger partial charge < -0.3 is 19.9 Å². The highest BCUT2D eigenvalue weighted by Crippen LogP contribution is 2.31. The summed E-state index contributed by atoms with van der Waals surface area (Å²) < 4.78 is 5.15. The van der Waals surface area contributed by atoms with Gasteiger partial charge in [-0.3, -0.25) is 14.5 Å². The van der Waals surface area contributed by atoms with E-state index in [-0.39, 0.29) is 37.2 Å². The molecular formula is C25H34N4O4. The zero-order valence-electron chi connectivity index (χ0n) is 19.5. The number of benzene rings is 1. The molecule has 0 aromatic heterocycles. The molecule has 33 heavy (non-hydrogen) atoms. The average Bonchev–Trinajstić information content (AvgIpc) is 2.81. The number of urea groups is 1. The van der Waals surface area contributed by atoms with Gasteiger partial charge in [-0.1, -0.05) is 43.7 Å². The van der Waals surface area contributed by atoms with Gasteiger partial charge in [0.05, 0.1) is 12.6 Å². The van der Waals surface area contributed by atoms with Crippen LogP contribution in [-0.4, -0.2) is 77.6 Å². The second kappa shape index (κ2) is 11.7. The van der Waals surface area contributed by atoms with Crippen LogP contribution in [0.3, 0.4) is 0 Å². The molecule has 0 radical (unpaired) electrons. The first kappa shape index (κ1) is 24.6. The molecule has 3 rings (SSSR count). The fourth-order valence-corrected chi connectivity index (χ4v) is 4.73. The zero-order valence-corrected chi connectivity index (χ0v) is 19.5. The van der Waals surface area contributed by atoms with E-state index >= 15 is 0 Å². The summed E-state index contributed by atoms with van der Waals surface area (Å²) in [6, 6.07) is 8.40. The van der Waals surface area contributed by atoms with Crippen molar-refractivity contribution in [2.75, 3.05) is 26.8 Å². The van der Waals surface area contributed by atoms with E-state index in [4.69, 9.17) is 11.2 Å². The maximum atomic E-state index is 13.4. The molecule has 1 N–H and O–H groups in total. The molecule has 8 heteroatoms. The van der Waals surface area contributed by atoms with Crippen molar-refractivity contribution in [2.45, 2.75) is 63.8 Å². The highest BCUT2D eigenvalue weighted by Gasteiger charge is 2.51. The zero-order chi connectivity index (χ0) is 23.8. The number of amides is 4. The number of hydrogen-bond acceptors (Lipinski definition) is 4. The summed E-state index contributed by atoms with van der Waals surface area (Å²) in [5.41, 5.74) is 0.980. The Balaban J connectivity index is 1.87. The van der Waals surface area contributed by atoms with Gasteiger partial charge in [0.1, 0.15) is 12.2 Å². The Kier molecular flexibility index (Phi) is 8.72. The highest BCUT2D eigenvalue weighted by molar-refractivity contribution is 5.91. The standard InChI is InChI=1S/C25H34N4O4/c1-4-10-20-16-23(30)29-21(11-5-2)24(31)27(14-9-15-33-3)18-22(29)28(20)25(32)26-17-19-12-7-6-8-13-19/h1,6-8,12-13,20-22H,5,9-11,14-18H2,2-3H3,(H,26,32)/t20?,21-,22+/m0/s1. The first-order valence-electron chi connectivity index (χ1n) is 11.6. The first-order valence-corrected chi connectivity index (χ1v) is 11.6. The van der Waals surface area contributed by atoms with Crippen LogP contribution >= 0.6 is 0 Å². The van der Waals surface area contributed by atoms with Crippen LogP contribution in [0.2, 0.25) is 0 Å². The van der Waals surface area contributed by atoms with Gasteiger partial charge in [-0.25, -0.2) is 4.79 Å². The molecule has 4 amide bonds. The van der Waals surface area contributed by atoms with E-state index in [0.29, 0.717) is 32.5 Å². The largest absolute Gasteiger partial charge is 0.385 e. The average molecular weight is 455 g/mol. The minimum atomic E-state index is -0.569. The number of nitrogens with zero attached hydrogens (tertiary/aromatic N) is 3. The molecule has 0 saturated carbocycles. The molecular weight excluding hydrogens is 420 g/mol. The van der Waals surface area contributed by atoms with Gasteiger partial charge in [-0.2, -0.15) is 0 Å². The van der Waals surface area contributed by atoms with Gasteiger partial charge >= 0.3 is 6.03 Å². The van der Waals surface area contributed by atoms with Crippen LogP contribution in [0.1, 0.15) is 44.6 Å². The van der Waals surface area contributed by atoms with Crippen molar-refractivity contribution in [3.8, 4) is 12.3 Å². The second-order valence-corrected chi connectivity index (χ2v) is 8.53. The molecule has 2 aliphatic heterocycles. The first-order chi connectivity index (χ1) is 16.0. The van der Waals surface area contributed by atoms with Gasteiger partial charge in [0.25, 0.3) is 0 Å². The number of terminal acetylenes is 1. The van der Waals surface area contributed by atoms with E-state index in [1.807, 2.05) is 37.3 Å². The third kappa shape index (κ3) is 5.66. The number of ether oxygens (including phenoxy) is 1. The topological polar surface area (TPSA) is 82.2 Å². The Bertz CT molecular complexity index is 869. The van der Waals surface area contributed by atoms with E-state index in [0.717, 1.165) is 12.0 Å².